The minimum atomic E-state index is -0.583. The van der Waals surface area contributed by atoms with Gasteiger partial charge in [-0.3, -0.25) is 10.1 Å². The minimum absolute atomic E-state index is 0.0231. The molecule has 0 aliphatic rings. The van der Waals surface area contributed by atoms with Crippen LogP contribution < -0.4 is 5.32 Å². The molecule has 0 atom stereocenters. The summed E-state index contributed by atoms with van der Waals surface area (Å²) in [6.07, 6.45) is 3.51. The fourth-order valence-electron chi connectivity index (χ4n) is 2.15. The van der Waals surface area contributed by atoms with Crippen molar-refractivity contribution < 1.29 is 14.5 Å². The van der Waals surface area contributed by atoms with E-state index in [2.05, 4.69) is 5.32 Å². The maximum Gasteiger partial charge on any atom is 0.407 e. The normalized spacial score (nSPS) is 10.3. The summed E-state index contributed by atoms with van der Waals surface area (Å²) in [5, 5.41) is 22.4. The fourth-order valence-corrected chi connectivity index (χ4v) is 2.15. The third-order valence-corrected chi connectivity index (χ3v) is 3.44. The number of hydrogen-bond donors (Lipinski definition) is 1. The highest BCUT2D eigenvalue weighted by molar-refractivity contribution is 5.67. The van der Waals surface area contributed by atoms with Gasteiger partial charge in [-0.2, -0.15) is 5.26 Å². The van der Waals surface area contributed by atoms with Gasteiger partial charge in [0.1, 0.15) is 18.2 Å². The molecular weight excluding hydrogens is 334 g/mol. The zero-order valence-electron chi connectivity index (χ0n) is 13.9. The van der Waals surface area contributed by atoms with Crippen LogP contribution in [0.25, 0.3) is 6.08 Å². The number of alkyl carbamates (subject to hydrolysis) is 1. The van der Waals surface area contributed by atoms with E-state index in [1.54, 1.807) is 24.3 Å². The van der Waals surface area contributed by atoms with E-state index in [4.69, 9.17) is 10.00 Å². The summed E-state index contributed by atoms with van der Waals surface area (Å²) < 4.78 is 5.08. The molecule has 0 bridgehead atoms. The van der Waals surface area contributed by atoms with Gasteiger partial charge in [-0.25, -0.2) is 4.79 Å². The van der Waals surface area contributed by atoms with E-state index in [9.17, 15) is 14.9 Å². The first-order valence-electron chi connectivity index (χ1n) is 7.90. The lowest BCUT2D eigenvalue weighted by atomic mass is 10.1. The number of hydrogen-bond acceptors (Lipinski definition) is 5. The van der Waals surface area contributed by atoms with Gasteiger partial charge in [0, 0.05) is 12.6 Å². The van der Waals surface area contributed by atoms with E-state index >= 15 is 0 Å². The van der Waals surface area contributed by atoms with Crippen LogP contribution in [0.4, 0.5) is 10.5 Å². The number of nitro benzene ring substituents is 1. The number of nitrogens with one attached hydrogen (secondary N) is 1. The van der Waals surface area contributed by atoms with E-state index in [0.717, 1.165) is 5.56 Å². The van der Waals surface area contributed by atoms with E-state index in [-0.39, 0.29) is 17.9 Å². The highest BCUT2D eigenvalue weighted by Crippen LogP contribution is 2.20. The van der Waals surface area contributed by atoms with E-state index in [0.29, 0.717) is 18.5 Å². The molecule has 0 saturated carbocycles. The van der Waals surface area contributed by atoms with Crippen molar-refractivity contribution in [2.75, 3.05) is 6.54 Å². The summed E-state index contributed by atoms with van der Waals surface area (Å²) in [4.78, 5) is 21.9. The highest BCUT2D eigenvalue weighted by Gasteiger charge is 2.13. The van der Waals surface area contributed by atoms with Crippen LogP contribution in [0.3, 0.4) is 0 Å². The number of ether oxygens (including phenoxy) is 1. The average molecular weight is 351 g/mol. The maximum atomic E-state index is 11.6. The van der Waals surface area contributed by atoms with Crippen molar-refractivity contribution in [1.82, 2.24) is 5.32 Å². The van der Waals surface area contributed by atoms with Gasteiger partial charge >= 0.3 is 6.09 Å². The van der Waals surface area contributed by atoms with Gasteiger partial charge in [-0.1, -0.05) is 48.6 Å². The Morgan fingerprint density at radius 1 is 1.27 bits per heavy atom. The molecule has 1 N–H and O–H groups in total. The van der Waals surface area contributed by atoms with Gasteiger partial charge in [0.2, 0.25) is 0 Å². The molecule has 26 heavy (non-hydrogen) atoms. The lowest BCUT2D eigenvalue weighted by Gasteiger charge is -2.05. The van der Waals surface area contributed by atoms with Gasteiger partial charge < -0.3 is 10.1 Å². The summed E-state index contributed by atoms with van der Waals surface area (Å²) >= 11 is 0. The number of carbonyl (C=O) groups is 1. The molecule has 7 heteroatoms. The Kier molecular flexibility index (Phi) is 6.89. The van der Waals surface area contributed by atoms with Crippen molar-refractivity contribution in [2.24, 2.45) is 0 Å². The summed E-state index contributed by atoms with van der Waals surface area (Å²) in [7, 11) is 0. The summed E-state index contributed by atoms with van der Waals surface area (Å²) in [5.41, 5.74) is 1.32. The number of carbonyl (C=O) groups excluding carboxylic acids is 1. The van der Waals surface area contributed by atoms with Crippen molar-refractivity contribution in [3.05, 3.63) is 81.4 Å². The quantitative estimate of drug-likeness (QED) is 0.464. The molecular formula is C19H17N3O4. The number of benzene rings is 2. The number of nitro groups is 1. The van der Waals surface area contributed by atoms with Crippen LogP contribution in [0.5, 0.6) is 0 Å². The second kappa shape index (κ2) is 9.59. The predicted octanol–water partition coefficient (Wildman–Crippen LogP) is 3.80. The molecule has 0 aliphatic carbocycles. The third-order valence-electron chi connectivity index (χ3n) is 3.44. The van der Waals surface area contributed by atoms with Gasteiger partial charge in [0.15, 0.2) is 0 Å². The smallest absolute Gasteiger partial charge is 0.407 e. The largest absolute Gasteiger partial charge is 0.445 e. The molecule has 0 radical (unpaired) electrons. The molecule has 0 aromatic heterocycles. The fraction of sp³-hybridized carbons (Fsp3) is 0.158. The SMILES string of the molecule is N#Cc1ccc(C=CCCNC(=O)OCc2ccccc2)cc1[N+](=O)[O-]. The molecule has 132 valence electrons. The number of rotatable bonds is 7. The number of amides is 1. The Labute approximate surface area is 150 Å². The Hall–Kier alpha value is -3.66. The summed E-state index contributed by atoms with van der Waals surface area (Å²) in [6, 6.07) is 15.5. The van der Waals surface area contributed by atoms with E-state index < -0.39 is 11.0 Å². The Morgan fingerprint density at radius 2 is 2.04 bits per heavy atom. The van der Waals surface area contributed by atoms with Crippen molar-refractivity contribution in [1.29, 1.82) is 5.26 Å². The Bertz CT molecular complexity index is 842. The zero-order chi connectivity index (χ0) is 18.8. The van der Waals surface area contributed by atoms with Crippen LogP contribution in [0, 0.1) is 21.4 Å². The van der Waals surface area contributed by atoms with Crippen LogP contribution in [0.1, 0.15) is 23.1 Å². The van der Waals surface area contributed by atoms with Crippen LogP contribution in [-0.2, 0) is 11.3 Å². The zero-order valence-corrected chi connectivity index (χ0v) is 13.9. The molecule has 0 saturated heterocycles. The third kappa shape index (κ3) is 5.76. The first-order valence-corrected chi connectivity index (χ1v) is 7.90. The standard InChI is InChI=1S/C19H17N3O4/c20-13-17-10-9-15(12-18(17)22(24)25)6-4-5-11-21-19(23)26-14-16-7-2-1-3-8-16/h1-4,6-10,12H,5,11,14H2,(H,21,23). The first kappa shape index (κ1) is 18.7. The van der Waals surface area contributed by atoms with Crippen LogP contribution in [-0.4, -0.2) is 17.6 Å². The minimum Gasteiger partial charge on any atom is -0.445 e. The van der Waals surface area contributed by atoms with Crippen molar-refractivity contribution in [2.45, 2.75) is 13.0 Å². The van der Waals surface area contributed by atoms with E-state index in [1.807, 2.05) is 30.3 Å². The average Bonchev–Trinajstić information content (AvgIpc) is 2.66. The molecule has 0 aliphatic heterocycles. The van der Waals surface area contributed by atoms with Gasteiger partial charge in [-0.15, -0.1) is 0 Å². The van der Waals surface area contributed by atoms with Gasteiger partial charge in [0.25, 0.3) is 5.69 Å². The highest BCUT2D eigenvalue weighted by atomic mass is 16.6. The summed E-state index contributed by atoms with van der Waals surface area (Å²) in [5.74, 6) is 0. The summed E-state index contributed by atoms with van der Waals surface area (Å²) in [6.45, 7) is 0.583. The molecule has 0 fully saturated rings. The molecule has 0 heterocycles. The lowest BCUT2D eigenvalue weighted by molar-refractivity contribution is -0.385. The topological polar surface area (TPSA) is 105 Å². The van der Waals surface area contributed by atoms with Gasteiger partial charge in [0.05, 0.1) is 4.92 Å². The molecule has 2 aromatic carbocycles. The molecule has 1 amide bonds. The molecule has 2 aromatic rings. The Balaban J connectivity index is 1.75. The van der Waals surface area contributed by atoms with Gasteiger partial charge in [-0.05, 0) is 23.6 Å². The van der Waals surface area contributed by atoms with Crippen molar-refractivity contribution in [3.63, 3.8) is 0 Å². The number of nitrogens with zero attached hydrogens (tertiary/aromatic N) is 2. The molecule has 0 unspecified atom stereocenters. The monoisotopic (exact) mass is 351 g/mol. The maximum absolute atomic E-state index is 11.6. The van der Waals surface area contributed by atoms with Crippen LogP contribution in [0.2, 0.25) is 0 Å². The predicted molar refractivity (Wildman–Crippen MR) is 96.1 cm³/mol. The van der Waals surface area contributed by atoms with Crippen molar-refractivity contribution in [3.8, 4) is 6.07 Å². The molecule has 7 nitrogen and oxygen atoms in total. The van der Waals surface area contributed by atoms with Crippen LogP contribution >= 0.6 is 0 Å². The molecule has 2 rings (SSSR count). The van der Waals surface area contributed by atoms with Crippen molar-refractivity contribution >= 4 is 17.9 Å². The van der Waals surface area contributed by atoms with E-state index in [1.165, 1.54) is 12.1 Å². The van der Waals surface area contributed by atoms with Crippen LogP contribution in [0.15, 0.2) is 54.6 Å². The second-order valence-corrected chi connectivity index (χ2v) is 5.33. The first-order chi connectivity index (χ1) is 12.6. The Morgan fingerprint density at radius 3 is 2.73 bits per heavy atom. The second-order valence-electron chi connectivity index (χ2n) is 5.33. The number of nitriles is 1. The molecule has 0 spiro atoms. The lowest BCUT2D eigenvalue weighted by Crippen LogP contribution is -2.24.